The number of hydrogen-bond acceptors (Lipinski definition) is 4. The molecule has 2 N–H and O–H groups in total. The largest absolute Gasteiger partial charge is 0.484 e. The second kappa shape index (κ2) is 10.6. The molecule has 0 aromatic heterocycles. The molecule has 0 atom stereocenters. The quantitative estimate of drug-likeness (QED) is 0.528. The van der Waals surface area contributed by atoms with Crippen molar-refractivity contribution in [2.45, 2.75) is 13.8 Å². The van der Waals surface area contributed by atoms with Crippen molar-refractivity contribution in [2.75, 3.05) is 18.5 Å². The lowest BCUT2D eigenvalue weighted by atomic mass is 10.1. The fourth-order valence-electron chi connectivity index (χ4n) is 2.25. The molecule has 0 aliphatic heterocycles. The smallest absolute Gasteiger partial charge is 0.262 e. The number of nitriles is 1. The van der Waals surface area contributed by atoms with E-state index >= 15 is 0 Å². The van der Waals surface area contributed by atoms with E-state index < -0.39 is 5.91 Å². The number of halogens is 1. The number of carbonyl (C=O) groups excluding carboxylic acids is 2. The first-order valence-electron chi connectivity index (χ1n) is 9.05. The van der Waals surface area contributed by atoms with Gasteiger partial charge < -0.3 is 15.4 Å². The van der Waals surface area contributed by atoms with Gasteiger partial charge in [-0.2, -0.15) is 5.26 Å². The number of carbonyl (C=O) groups is 2. The van der Waals surface area contributed by atoms with E-state index in [0.717, 1.165) is 0 Å². The van der Waals surface area contributed by atoms with E-state index in [9.17, 15) is 19.2 Å². The number of benzene rings is 2. The van der Waals surface area contributed by atoms with E-state index in [0.29, 0.717) is 23.5 Å². The molecule has 2 aromatic rings. The number of amides is 2. The molecule has 2 rings (SSSR count). The minimum absolute atomic E-state index is 0.0120. The predicted octanol–water partition coefficient (Wildman–Crippen LogP) is 3.52. The van der Waals surface area contributed by atoms with E-state index in [1.807, 2.05) is 19.9 Å². The second-order valence-electron chi connectivity index (χ2n) is 6.69. The summed E-state index contributed by atoms with van der Waals surface area (Å²) in [4.78, 5) is 23.9. The van der Waals surface area contributed by atoms with Crippen molar-refractivity contribution in [2.24, 2.45) is 5.92 Å². The fraction of sp³-hybridized carbons (Fsp3) is 0.227. The molecule has 0 saturated heterocycles. The van der Waals surface area contributed by atoms with Crippen LogP contribution in [0.2, 0.25) is 0 Å². The van der Waals surface area contributed by atoms with Gasteiger partial charge in [0.1, 0.15) is 23.2 Å². The summed E-state index contributed by atoms with van der Waals surface area (Å²) in [5, 5.41) is 14.5. The van der Waals surface area contributed by atoms with Crippen LogP contribution in [-0.2, 0) is 9.59 Å². The standard InChI is InChI=1S/C22H22FN3O3/c1-15(2)13-25-22(28)17(12-24)11-16-3-9-20(10-4-16)29-14-21(27)26-19-7-5-18(23)6-8-19/h3-11,15H,13-14H2,1-2H3,(H,25,28)(H,26,27). The zero-order valence-electron chi connectivity index (χ0n) is 16.2. The average molecular weight is 395 g/mol. The van der Waals surface area contributed by atoms with Crippen LogP contribution in [0.1, 0.15) is 19.4 Å². The minimum Gasteiger partial charge on any atom is -0.484 e. The van der Waals surface area contributed by atoms with E-state index in [-0.39, 0.29) is 29.8 Å². The molecule has 0 aliphatic carbocycles. The summed E-state index contributed by atoms with van der Waals surface area (Å²) >= 11 is 0. The molecule has 0 spiro atoms. The van der Waals surface area contributed by atoms with E-state index in [4.69, 9.17) is 4.74 Å². The summed E-state index contributed by atoms with van der Waals surface area (Å²) < 4.78 is 18.3. The van der Waals surface area contributed by atoms with Gasteiger partial charge in [0.25, 0.3) is 11.8 Å². The third-order valence-electron chi connectivity index (χ3n) is 3.72. The van der Waals surface area contributed by atoms with Gasteiger partial charge in [-0.3, -0.25) is 9.59 Å². The number of hydrogen-bond donors (Lipinski definition) is 2. The molecule has 0 heterocycles. The van der Waals surface area contributed by atoms with Crippen molar-refractivity contribution in [1.82, 2.24) is 5.32 Å². The Kier molecular flexibility index (Phi) is 7.92. The lowest BCUT2D eigenvalue weighted by molar-refractivity contribution is -0.118. The molecule has 0 aliphatic rings. The number of ether oxygens (including phenoxy) is 1. The van der Waals surface area contributed by atoms with E-state index in [1.165, 1.54) is 30.3 Å². The Morgan fingerprint density at radius 1 is 1.14 bits per heavy atom. The van der Waals surface area contributed by atoms with E-state index in [2.05, 4.69) is 10.6 Å². The Morgan fingerprint density at radius 2 is 1.79 bits per heavy atom. The number of nitrogens with one attached hydrogen (secondary N) is 2. The molecule has 29 heavy (non-hydrogen) atoms. The minimum atomic E-state index is -0.418. The molecule has 0 radical (unpaired) electrons. The van der Waals surface area contributed by atoms with Gasteiger partial charge in [0, 0.05) is 12.2 Å². The third-order valence-corrected chi connectivity index (χ3v) is 3.72. The molecular formula is C22H22FN3O3. The first-order chi connectivity index (χ1) is 13.9. The summed E-state index contributed by atoms with van der Waals surface area (Å²) in [6.07, 6.45) is 1.49. The summed E-state index contributed by atoms with van der Waals surface area (Å²) in [6.45, 7) is 4.21. The van der Waals surface area contributed by atoms with Crippen molar-refractivity contribution in [3.8, 4) is 11.8 Å². The number of anilines is 1. The average Bonchev–Trinajstić information content (AvgIpc) is 2.71. The van der Waals surface area contributed by atoms with Crippen molar-refractivity contribution in [3.05, 3.63) is 65.5 Å². The molecule has 2 aromatic carbocycles. The normalized spacial score (nSPS) is 10.9. The molecule has 7 heteroatoms. The van der Waals surface area contributed by atoms with Gasteiger partial charge in [0.15, 0.2) is 6.61 Å². The van der Waals surface area contributed by atoms with Gasteiger partial charge in [-0.25, -0.2) is 4.39 Å². The highest BCUT2D eigenvalue weighted by atomic mass is 19.1. The van der Waals surface area contributed by atoms with Gasteiger partial charge in [-0.15, -0.1) is 0 Å². The monoisotopic (exact) mass is 395 g/mol. The van der Waals surface area contributed by atoms with Crippen LogP contribution >= 0.6 is 0 Å². The lowest BCUT2D eigenvalue weighted by Crippen LogP contribution is -2.28. The third kappa shape index (κ3) is 7.46. The fourth-order valence-corrected chi connectivity index (χ4v) is 2.25. The molecule has 150 valence electrons. The highest BCUT2D eigenvalue weighted by Gasteiger charge is 2.09. The maximum atomic E-state index is 12.9. The highest BCUT2D eigenvalue weighted by Crippen LogP contribution is 2.15. The molecular weight excluding hydrogens is 373 g/mol. The Morgan fingerprint density at radius 3 is 2.38 bits per heavy atom. The Hall–Kier alpha value is -3.66. The second-order valence-corrected chi connectivity index (χ2v) is 6.69. The molecule has 0 unspecified atom stereocenters. The van der Waals surface area contributed by atoms with E-state index in [1.54, 1.807) is 24.3 Å². The Balaban J connectivity index is 1.90. The number of rotatable bonds is 8. The zero-order chi connectivity index (χ0) is 21.2. The van der Waals surface area contributed by atoms with Gasteiger partial charge in [0.05, 0.1) is 0 Å². The van der Waals surface area contributed by atoms with Gasteiger partial charge >= 0.3 is 0 Å². The number of nitrogens with zero attached hydrogens (tertiary/aromatic N) is 1. The Bertz CT molecular complexity index is 914. The van der Waals surface area contributed by atoms with Crippen LogP contribution in [0.15, 0.2) is 54.1 Å². The molecule has 0 bridgehead atoms. The van der Waals surface area contributed by atoms with Gasteiger partial charge in [-0.05, 0) is 54.0 Å². The topological polar surface area (TPSA) is 91.2 Å². The van der Waals surface area contributed by atoms with Crippen molar-refractivity contribution in [3.63, 3.8) is 0 Å². The van der Waals surface area contributed by atoms with Crippen LogP contribution in [-0.4, -0.2) is 25.0 Å². The van der Waals surface area contributed by atoms with Crippen molar-refractivity contribution < 1.29 is 18.7 Å². The van der Waals surface area contributed by atoms with Crippen LogP contribution < -0.4 is 15.4 Å². The van der Waals surface area contributed by atoms with Crippen LogP contribution in [0.25, 0.3) is 6.08 Å². The van der Waals surface area contributed by atoms with Crippen LogP contribution in [0, 0.1) is 23.1 Å². The SMILES string of the molecule is CC(C)CNC(=O)C(C#N)=Cc1ccc(OCC(=O)Nc2ccc(F)cc2)cc1. The summed E-state index contributed by atoms with van der Waals surface area (Å²) in [7, 11) is 0. The first-order valence-corrected chi connectivity index (χ1v) is 9.05. The highest BCUT2D eigenvalue weighted by molar-refractivity contribution is 6.01. The van der Waals surface area contributed by atoms with Crippen LogP contribution in [0.4, 0.5) is 10.1 Å². The van der Waals surface area contributed by atoms with Crippen LogP contribution in [0.5, 0.6) is 5.75 Å². The molecule has 2 amide bonds. The maximum absolute atomic E-state index is 12.9. The first kappa shape index (κ1) is 21.6. The van der Waals surface area contributed by atoms with Crippen LogP contribution in [0.3, 0.4) is 0 Å². The van der Waals surface area contributed by atoms with Crippen molar-refractivity contribution >= 4 is 23.6 Å². The Labute approximate surface area is 169 Å². The summed E-state index contributed by atoms with van der Waals surface area (Å²) in [5.41, 5.74) is 1.14. The van der Waals surface area contributed by atoms with Crippen molar-refractivity contribution in [1.29, 1.82) is 5.26 Å². The summed E-state index contributed by atoms with van der Waals surface area (Å²) in [5.74, 6) is -0.437. The van der Waals surface area contributed by atoms with Gasteiger partial charge in [-0.1, -0.05) is 26.0 Å². The lowest BCUT2D eigenvalue weighted by Gasteiger charge is -2.08. The zero-order valence-corrected chi connectivity index (χ0v) is 16.2. The predicted molar refractivity (Wildman–Crippen MR) is 108 cm³/mol. The molecule has 0 fully saturated rings. The molecule has 0 saturated carbocycles. The molecule has 6 nitrogen and oxygen atoms in total. The van der Waals surface area contributed by atoms with Gasteiger partial charge in [0.2, 0.25) is 0 Å². The summed E-state index contributed by atoms with van der Waals surface area (Å²) in [6, 6.07) is 13.9. The maximum Gasteiger partial charge on any atom is 0.262 e.